The van der Waals surface area contributed by atoms with Gasteiger partial charge in [0.15, 0.2) is 0 Å². The lowest BCUT2D eigenvalue weighted by atomic mass is 10.1. The predicted molar refractivity (Wildman–Crippen MR) is 58.0 cm³/mol. The van der Waals surface area contributed by atoms with Gasteiger partial charge in [-0.05, 0) is 17.7 Å². The van der Waals surface area contributed by atoms with Crippen molar-refractivity contribution in [2.45, 2.75) is 12.3 Å². The number of hydrogen-bond acceptors (Lipinski definition) is 3. The summed E-state index contributed by atoms with van der Waals surface area (Å²) in [6.07, 6.45) is -4.82. The maximum absolute atomic E-state index is 12.5. The van der Waals surface area contributed by atoms with E-state index in [1.54, 1.807) is 13.1 Å². The molecule has 0 saturated heterocycles. The molecule has 0 aliphatic carbocycles. The van der Waals surface area contributed by atoms with Crippen molar-refractivity contribution in [1.82, 2.24) is 5.01 Å². The number of hydrazine groups is 1. The SMILES string of the molecule is COC(CN(C)N)c1cccc(C(F)(F)F)c1. The molecule has 3 nitrogen and oxygen atoms in total. The third-order valence-corrected chi connectivity index (χ3v) is 2.32. The first-order valence-electron chi connectivity index (χ1n) is 5.00. The number of rotatable bonds is 4. The lowest BCUT2D eigenvalue weighted by Crippen LogP contribution is -2.31. The van der Waals surface area contributed by atoms with E-state index in [0.717, 1.165) is 12.1 Å². The minimum atomic E-state index is -4.34. The number of halogens is 3. The van der Waals surface area contributed by atoms with Gasteiger partial charge in [0.05, 0.1) is 11.7 Å². The fourth-order valence-electron chi connectivity index (χ4n) is 1.49. The molecular formula is C11H15F3N2O. The molecule has 0 heterocycles. The normalized spacial score (nSPS) is 14.1. The maximum atomic E-state index is 12.5. The number of nitrogens with zero attached hydrogens (tertiary/aromatic N) is 1. The Balaban J connectivity index is 2.97. The second-order valence-electron chi connectivity index (χ2n) is 3.79. The summed E-state index contributed by atoms with van der Waals surface area (Å²) < 4.78 is 42.7. The van der Waals surface area contributed by atoms with E-state index < -0.39 is 17.8 Å². The molecule has 0 saturated carbocycles. The molecule has 0 bridgehead atoms. The first kappa shape index (κ1) is 14.0. The molecule has 0 aliphatic heterocycles. The molecule has 1 rings (SSSR count). The van der Waals surface area contributed by atoms with Crippen molar-refractivity contribution in [3.05, 3.63) is 35.4 Å². The third-order valence-electron chi connectivity index (χ3n) is 2.32. The Hall–Kier alpha value is -1.11. The molecule has 0 aromatic heterocycles. The summed E-state index contributed by atoms with van der Waals surface area (Å²) >= 11 is 0. The van der Waals surface area contributed by atoms with Crippen molar-refractivity contribution in [3.8, 4) is 0 Å². The number of likely N-dealkylation sites (N-methyl/N-ethyl adjacent to an activating group) is 1. The molecular weight excluding hydrogens is 233 g/mol. The molecule has 1 atom stereocenters. The van der Waals surface area contributed by atoms with Crippen LogP contribution in [0.15, 0.2) is 24.3 Å². The number of hydrogen-bond donors (Lipinski definition) is 1. The molecule has 96 valence electrons. The van der Waals surface area contributed by atoms with Gasteiger partial charge >= 0.3 is 6.18 Å². The van der Waals surface area contributed by atoms with E-state index in [0.29, 0.717) is 12.1 Å². The summed E-state index contributed by atoms with van der Waals surface area (Å²) in [5.41, 5.74) is -0.226. The van der Waals surface area contributed by atoms with Crippen LogP contribution in [0.4, 0.5) is 13.2 Å². The smallest absolute Gasteiger partial charge is 0.375 e. The van der Waals surface area contributed by atoms with E-state index >= 15 is 0 Å². The molecule has 1 aromatic carbocycles. The average molecular weight is 248 g/mol. The first-order chi connectivity index (χ1) is 7.84. The van der Waals surface area contributed by atoms with Gasteiger partial charge in [0.25, 0.3) is 0 Å². The highest BCUT2D eigenvalue weighted by molar-refractivity contribution is 5.27. The molecule has 1 aromatic rings. The highest BCUT2D eigenvalue weighted by Crippen LogP contribution is 2.31. The van der Waals surface area contributed by atoms with Crippen LogP contribution in [0, 0.1) is 0 Å². The Morgan fingerprint density at radius 3 is 2.53 bits per heavy atom. The zero-order valence-electron chi connectivity index (χ0n) is 9.66. The summed E-state index contributed by atoms with van der Waals surface area (Å²) in [4.78, 5) is 0. The Morgan fingerprint density at radius 1 is 1.41 bits per heavy atom. The Labute approximate surface area is 97.9 Å². The summed E-state index contributed by atoms with van der Waals surface area (Å²) in [5, 5.41) is 1.37. The molecule has 0 aliphatic rings. The molecule has 1 unspecified atom stereocenters. The van der Waals surface area contributed by atoms with Gasteiger partial charge in [-0.1, -0.05) is 12.1 Å². The van der Waals surface area contributed by atoms with Crippen molar-refractivity contribution < 1.29 is 17.9 Å². The summed E-state index contributed by atoms with van der Waals surface area (Å²) in [6, 6.07) is 5.06. The fraction of sp³-hybridized carbons (Fsp3) is 0.455. The number of nitrogens with two attached hydrogens (primary N) is 1. The van der Waals surface area contributed by atoms with Gasteiger partial charge in [-0.3, -0.25) is 5.84 Å². The van der Waals surface area contributed by atoms with Crippen LogP contribution in [0.1, 0.15) is 17.2 Å². The van der Waals surface area contributed by atoms with Gasteiger partial charge in [0.1, 0.15) is 0 Å². The van der Waals surface area contributed by atoms with Crippen molar-refractivity contribution in [3.63, 3.8) is 0 Å². The zero-order valence-corrected chi connectivity index (χ0v) is 9.66. The average Bonchev–Trinajstić information content (AvgIpc) is 2.24. The van der Waals surface area contributed by atoms with Gasteiger partial charge in [-0.15, -0.1) is 0 Å². The Kier molecular flexibility index (Phi) is 4.50. The van der Waals surface area contributed by atoms with Gasteiger partial charge < -0.3 is 4.74 Å². The van der Waals surface area contributed by atoms with E-state index in [1.165, 1.54) is 18.2 Å². The lowest BCUT2D eigenvalue weighted by Gasteiger charge is -2.20. The van der Waals surface area contributed by atoms with Crippen molar-refractivity contribution >= 4 is 0 Å². The molecule has 2 N–H and O–H groups in total. The van der Waals surface area contributed by atoms with Crippen LogP contribution in [-0.4, -0.2) is 25.7 Å². The molecule has 0 spiro atoms. The van der Waals surface area contributed by atoms with Crippen molar-refractivity contribution in [2.75, 3.05) is 20.7 Å². The van der Waals surface area contributed by atoms with Crippen LogP contribution in [0.25, 0.3) is 0 Å². The van der Waals surface area contributed by atoms with Crippen molar-refractivity contribution in [1.29, 1.82) is 0 Å². The second-order valence-corrected chi connectivity index (χ2v) is 3.79. The van der Waals surface area contributed by atoms with Gasteiger partial charge in [0.2, 0.25) is 0 Å². The molecule has 0 radical (unpaired) electrons. The predicted octanol–water partition coefficient (Wildman–Crippen LogP) is 2.20. The minimum Gasteiger partial charge on any atom is -0.375 e. The molecule has 0 amide bonds. The van der Waals surface area contributed by atoms with Crippen LogP contribution < -0.4 is 5.84 Å². The molecule has 0 fully saturated rings. The maximum Gasteiger partial charge on any atom is 0.416 e. The monoisotopic (exact) mass is 248 g/mol. The van der Waals surface area contributed by atoms with Crippen LogP contribution >= 0.6 is 0 Å². The van der Waals surface area contributed by atoms with E-state index in [4.69, 9.17) is 10.6 Å². The summed E-state index contributed by atoms with van der Waals surface area (Å²) in [5.74, 6) is 5.46. The number of alkyl halides is 3. The van der Waals surface area contributed by atoms with E-state index in [-0.39, 0.29) is 0 Å². The quantitative estimate of drug-likeness (QED) is 0.655. The standard InChI is InChI=1S/C11H15F3N2O/c1-16(15)7-10(17-2)8-4-3-5-9(6-8)11(12,13)14/h3-6,10H,7,15H2,1-2H3. The van der Waals surface area contributed by atoms with Crippen LogP contribution in [-0.2, 0) is 10.9 Å². The molecule has 17 heavy (non-hydrogen) atoms. The molecule has 6 heteroatoms. The van der Waals surface area contributed by atoms with Crippen molar-refractivity contribution in [2.24, 2.45) is 5.84 Å². The van der Waals surface area contributed by atoms with Crippen LogP contribution in [0.2, 0.25) is 0 Å². The van der Waals surface area contributed by atoms with E-state index in [2.05, 4.69) is 0 Å². The van der Waals surface area contributed by atoms with Gasteiger partial charge in [0, 0.05) is 20.7 Å². The zero-order chi connectivity index (χ0) is 13.1. The fourth-order valence-corrected chi connectivity index (χ4v) is 1.49. The third kappa shape index (κ3) is 3.99. The van der Waals surface area contributed by atoms with E-state index in [9.17, 15) is 13.2 Å². The second kappa shape index (κ2) is 5.48. The summed E-state index contributed by atoms with van der Waals surface area (Å²) in [6.45, 7) is 0.317. The Morgan fingerprint density at radius 2 is 2.06 bits per heavy atom. The number of ether oxygens (including phenoxy) is 1. The Bertz CT molecular complexity index is 366. The first-order valence-corrected chi connectivity index (χ1v) is 5.00. The highest BCUT2D eigenvalue weighted by atomic mass is 19.4. The van der Waals surface area contributed by atoms with Crippen LogP contribution in [0.3, 0.4) is 0 Å². The van der Waals surface area contributed by atoms with Gasteiger partial charge in [-0.25, -0.2) is 5.01 Å². The van der Waals surface area contributed by atoms with Gasteiger partial charge in [-0.2, -0.15) is 13.2 Å². The van der Waals surface area contributed by atoms with E-state index in [1.807, 2.05) is 0 Å². The highest BCUT2D eigenvalue weighted by Gasteiger charge is 2.31. The topological polar surface area (TPSA) is 38.5 Å². The lowest BCUT2D eigenvalue weighted by molar-refractivity contribution is -0.137. The van der Waals surface area contributed by atoms with Crippen LogP contribution in [0.5, 0.6) is 0 Å². The largest absolute Gasteiger partial charge is 0.416 e. The number of methoxy groups -OCH3 is 1. The minimum absolute atomic E-state index is 0.317. The number of benzene rings is 1. The summed E-state index contributed by atoms with van der Waals surface area (Å²) in [7, 11) is 3.06.